The van der Waals surface area contributed by atoms with Crippen LogP contribution in [0.2, 0.25) is 0 Å². The van der Waals surface area contributed by atoms with Gasteiger partial charge in [-0.1, -0.05) is 12.1 Å². The summed E-state index contributed by atoms with van der Waals surface area (Å²) in [7, 11) is -4.42. The molecule has 0 radical (unpaired) electrons. The minimum absolute atomic E-state index is 0.306. The van der Waals surface area contributed by atoms with Gasteiger partial charge in [-0.25, -0.2) is 13.4 Å². The van der Waals surface area contributed by atoms with Gasteiger partial charge in [0.25, 0.3) is 10.0 Å². The van der Waals surface area contributed by atoms with E-state index in [-0.39, 0.29) is 5.69 Å². The number of alkyl halides is 5. The summed E-state index contributed by atoms with van der Waals surface area (Å²) in [4.78, 5) is 2.60. The predicted octanol–water partition coefficient (Wildman–Crippen LogP) is 4.27. The third-order valence-corrected chi connectivity index (χ3v) is 4.75. The summed E-state index contributed by atoms with van der Waals surface area (Å²) in [5.41, 5.74) is -1.54. The second-order valence-electron chi connectivity index (χ2n) is 4.46. The summed E-state index contributed by atoms with van der Waals surface area (Å²) >= 11 is 2.73. The van der Waals surface area contributed by atoms with Crippen molar-refractivity contribution < 1.29 is 35.1 Å². The van der Waals surface area contributed by atoms with Crippen LogP contribution >= 0.6 is 15.9 Å². The van der Waals surface area contributed by atoms with Crippen molar-refractivity contribution in [1.29, 1.82) is 0 Å². The number of halogens is 6. The van der Waals surface area contributed by atoms with Crippen LogP contribution in [0.5, 0.6) is 5.75 Å². The van der Waals surface area contributed by atoms with Crippen molar-refractivity contribution >= 4 is 31.6 Å². The molecule has 0 aliphatic carbocycles. The highest BCUT2D eigenvalue weighted by Gasteiger charge is 2.33. The minimum atomic E-state index is -4.71. The molecule has 1 aromatic heterocycles. The molecule has 136 valence electrons. The van der Waals surface area contributed by atoms with Crippen LogP contribution in [-0.2, 0) is 16.2 Å². The molecule has 2 aromatic rings. The van der Waals surface area contributed by atoms with Crippen LogP contribution in [0.1, 0.15) is 5.69 Å². The fourth-order valence-corrected chi connectivity index (χ4v) is 3.49. The molecule has 0 atom stereocenters. The fourth-order valence-electron chi connectivity index (χ4n) is 1.73. The van der Waals surface area contributed by atoms with Crippen molar-refractivity contribution in [2.24, 2.45) is 0 Å². The normalized spacial score (nSPS) is 12.3. The molecule has 5 nitrogen and oxygen atoms in total. The summed E-state index contributed by atoms with van der Waals surface area (Å²) in [6.45, 7) is -3.25. The van der Waals surface area contributed by atoms with Crippen molar-refractivity contribution in [1.82, 2.24) is 4.98 Å². The van der Waals surface area contributed by atoms with Gasteiger partial charge in [-0.3, -0.25) is 4.72 Å². The van der Waals surface area contributed by atoms with Crippen LogP contribution in [0.15, 0.2) is 45.9 Å². The Balaban J connectivity index is 2.37. The summed E-state index contributed by atoms with van der Waals surface area (Å²) in [5, 5.41) is 0. The molecule has 1 N–H and O–H groups in total. The second-order valence-corrected chi connectivity index (χ2v) is 6.87. The molecule has 0 saturated carbocycles. The van der Waals surface area contributed by atoms with Crippen molar-refractivity contribution in [2.75, 3.05) is 4.72 Å². The maximum Gasteiger partial charge on any atom is 0.433 e. The molecule has 0 unspecified atom stereocenters. The first-order chi connectivity index (χ1) is 11.5. The summed E-state index contributed by atoms with van der Waals surface area (Å²) in [6.07, 6.45) is -4.71. The number of anilines is 1. The number of para-hydroxylation sites is 1. The van der Waals surface area contributed by atoms with E-state index in [4.69, 9.17) is 0 Å². The van der Waals surface area contributed by atoms with Crippen LogP contribution in [0, 0.1) is 0 Å². The van der Waals surface area contributed by atoms with E-state index in [0.29, 0.717) is 6.07 Å². The number of nitrogens with one attached hydrogen (secondary N) is 1. The van der Waals surface area contributed by atoms with Crippen LogP contribution in [0.25, 0.3) is 0 Å². The van der Waals surface area contributed by atoms with Crippen molar-refractivity contribution in [3.8, 4) is 5.75 Å². The SMILES string of the molecule is O=S(=O)(Nc1ccc(C(F)(F)F)nc1Br)c1ccccc1OC(F)F. The van der Waals surface area contributed by atoms with Crippen LogP contribution in [-0.4, -0.2) is 20.0 Å². The summed E-state index contributed by atoms with van der Waals surface area (Å²) < 4.78 is 92.8. The average molecular weight is 447 g/mol. The third kappa shape index (κ3) is 4.78. The van der Waals surface area contributed by atoms with Gasteiger partial charge in [-0.15, -0.1) is 0 Å². The molecule has 0 amide bonds. The highest BCUT2D eigenvalue weighted by Crippen LogP contribution is 2.33. The van der Waals surface area contributed by atoms with E-state index >= 15 is 0 Å². The topological polar surface area (TPSA) is 68.3 Å². The Labute approximate surface area is 147 Å². The molecular formula is C13H8BrF5N2O3S. The van der Waals surface area contributed by atoms with E-state index in [0.717, 1.165) is 18.2 Å². The number of aromatic nitrogens is 1. The van der Waals surface area contributed by atoms with E-state index in [1.54, 1.807) is 0 Å². The minimum Gasteiger partial charge on any atom is -0.433 e. The van der Waals surface area contributed by atoms with Gasteiger partial charge in [-0.2, -0.15) is 22.0 Å². The standard InChI is InChI=1S/C13H8BrF5N2O3S/c14-11-7(5-6-10(20-11)13(17,18)19)21-25(22,23)9-4-2-1-3-8(9)24-12(15)16/h1-6,12,21H. The maximum atomic E-state index is 12.6. The number of rotatable bonds is 5. The zero-order valence-electron chi connectivity index (χ0n) is 11.9. The second kappa shape index (κ2) is 7.12. The lowest BCUT2D eigenvalue weighted by atomic mass is 10.3. The largest absolute Gasteiger partial charge is 0.433 e. The maximum absolute atomic E-state index is 12.6. The smallest absolute Gasteiger partial charge is 0.433 e. The van der Waals surface area contributed by atoms with E-state index in [2.05, 4.69) is 25.7 Å². The number of hydrogen-bond donors (Lipinski definition) is 1. The number of pyridine rings is 1. The Morgan fingerprint density at radius 2 is 1.76 bits per heavy atom. The van der Waals surface area contributed by atoms with Gasteiger partial charge in [-0.05, 0) is 40.2 Å². The Morgan fingerprint density at radius 1 is 1.12 bits per heavy atom. The molecule has 0 fully saturated rings. The molecule has 1 aromatic carbocycles. The van der Waals surface area contributed by atoms with Gasteiger partial charge in [0.1, 0.15) is 20.9 Å². The van der Waals surface area contributed by atoms with Crippen molar-refractivity contribution in [3.63, 3.8) is 0 Å². The van der Waals surface area contributed by atoms with Crippen molar-refractivity contribution in [3.05, 3.63) is 46.7 Å². The van der Waals surface area contributed by atoms with Crippen LogP contribution in [0.3, 0.4) is 0 Å². The lowest BCUT2D eigenvalue weighted by molar-refractivity contribution is -0.141. The zero-order valence-corrected chi connectivity index (χ0v) is 14.3. The van der Waals surface area contributed by atoms with E-state index < -0.39 is 43.8 Å². The quantitative estimate of drug-likeness (QED) is 0.550. The highest BCUT2D eigenvalue weighted by atomic mass is 79.9. The number of benzene rings is 1. The van der Waals surface area contributed by atoms with Gasteiger partial charge in [0.05, 0.1) is 5.69 Å². The molecule has 0 spiro atoms. The molecule has 2 rings (SSSR count). The van der Waals surface area contributed by atoms with Gasteiger partial charge < -0.3 is 4.74 Å². The number of nitrogens with zero attached hydrogens (tertiary/aromatic N) is 1. The molecule has 0 aliphatic heterocycles. The third-order valence-electron chi connectivity index (χ3n) is 2.74. The molecule has 0 saturated heterocycles. The van der Waals surface area contributed by atoms with Gasteiger partial charge >= 0.3 is 12.8 Å². The number of sulfonamides is 1. The van der Waals surface area contributed by atoms with E-state index in [1.807, 2.05) is 4.72 Å². The average Bonchev–Trinajstić information content (AvgIpc) is 2.48. The number of hydrogen-bond acceptors (Lipinski definition) is 4. The fraction of sp³-hybridized carbons (Fsp3) is 0.154. The first-order valence-corrected chi connectivity index (χ1v) is 8.59. The lowest BCUT2D eigenvalue weighted by Gasteiger charge is -2.14. The molecular weight excluding hydrogens is 439 g/mol. The summed E-state index contributed by atoms with van der Waals surface area (Å²) in [6, 6.07) is 5.99. The molecule has 12 heteroatoms. The van der Waals surface area contributed by atoms with Gasteiger partial charge in [0.2, 0.25) is 0 Å². The molecule has 0 aliphatic rings. The monoisotopic (exact) mass is 446 g/mol. The van der Waals surface area contributed by atoms with Crippen LogP contribution < -0.4 is 9.46 Å². The molecule has 25 heavy (non-hydrogen) atoms. The first-order valence-electron chi connectivity index (χ1n) is 6.31. The Bertz CT molecular complexity index is 874. The van der Waals surface area contributed by atoms with E-state index in [1.165, 1.54) is 12.1 Å². The predicted molar refractivity (Wildman–Crippen MR) is 80.8 cm³/mol. The first kappa shape index (κ1) is 19.4. The van der Waals surface area contributed by atoms with E-state index in [9.17, 15) is 30.4 Å². The Kier molecular flexibility index (Phi) is 5.52. The Morgan fingerprint density at radius 3 is 2.32 bits per heavy atom. The van der Waals surface area contributed by atoms with Crippen molar-refractivity contribution in [2.45, 2.75) is 17.7 Å². The zero-order chi connectivity index (χ0) is 18.8. The molecule has 0 bridgehead atoms. The highest BCUT2D eigenvalue weighted by molar-refractivity contribution is 9.10. The summed E-state index contributed by atoms with van der Waals surface area (Å²) in [5.74, 6) is -0.610. The number of ether oxygens (including phenoxy) is 1. The van der Waals surface area contributed by atoms with Gasteiger partial charge in [0.15, 0.2) is 0 Å². The molecule has 1 heterocycles. The van der Waals surface area contributed by atoms with Crippen LogP contribution in [0.4, 0.5) is 27.6 Å². The van der Waals surface area contributed by atoms with Gasteiger partial charge in [0, 0.05) is 0 Å². The Hall–Kier alpha value is -1.95. The lowest BCUT2D eigenvalue weighted by Crippen LogP contribution is -2.17.